The molecule has 0 aromatic heterocycles. The molecule has 1 aromatic rings. The summed E-state index contributed by atoms with van der Waals surface area (Å²) in [6.45, 7) is 2.31. The fourth-order valence-corrected chi connectivity index (χ4v) is 2.60. The van der Waals surface area contributed by atoms with Crippen LogP contribution in [0.15, 0.2) is 18.2 Å². The first-order valence-corrected chi connectivity index (χ1v) is 6.99. The highest BCUT2D eigenvalue weighted by Crippen LogP contribution is 2.26. The summed E-state index contributed by atoms with van der Waals surface area (Å²) in [5.74, 6) is 0. The van der Waals surface area contributed by atoms with Gasteiger partial charge in [0.2, 0.25) is 0 Å². The van der Waals surface area contributed by atoms with E-state index in [9.17, 15) is 0 Å². The molecule has 0 aliphatic carbocycles. The minimum absolute atomic E-state index is 0.0316. The lowest BCUT2D eigenvalue weighted by Gasteiger charge is -2.33. The van der Waals surface area contributed by atoms with Crippen LogP contribution in [-0.4, -0.2) is 42.6 Å². The molecule has 2 rings (SSSR count). The molecule has 19 heavy (non-hydrogen) atoms. The number of rotatable bonds is 5. The topological polar surface area (TPSA) is 52.9 Å². The number of piperidine rings is 1. The predicted octanol–water partition coefficient (Wildman–Crippen LogP) is 1.81. The normalized spacial score (nSPS) is 16.9. The maximum atomic E-state index is 9.10. The second-order valence-corrected chi connectivity index (χ2v) is 5.12. The molecule has 0 bridgehead atoms. The summed E-state index contributed by atoms with van der Waals surface area (Å²) in [5.41, 5.74) is 1.84. The number of benzene rings is 1. The maximum Gasteiger partial charge on any atom is 0.0701 e. The second-order valence-electron chi connectivity index (χ2n) is 4.71. The van der Waals surface area contributed by atoms with Crippen molar-refractivity contribution in [3.8, 4) is 0 Å². The standard InChI is InChI=1S/C14H20ClNO3/c15-14-9-12(2-1-11(14)10-18)16-5-3-13(4-6-16)19-8-7-17/h1-2,9,13,17-18H,3-8,10H2. The molecule has 0 unspecified atom stereocenters. The Hall–Kier alpha value is -0.810. The van der Waals surface area contributed by atoms with Crippen LogP contribution in [0.4, 0.5) is 5.69 Å². The number of hydrogen-bond donors (Lipinski definition) is 2. The first-order chi connectivity index (χ1) is 9.24. The molecule has 0 amide bonds. The number of hydrogen-bond acceptors (Lipinski definition) is 4. The van der Waals surface area contributed by atoms with Gasteiger partial charge in [-0.15, -0.1) is 0 Å². The van der Waals surface area contributed by atoms with E-state index in [-0.39, 0.29) is 19.3 Å². The SMILES string of the molecule is OCCOC1CCN(c2ccc(CO)c(Cl)c2)CC1. The van der Waals surface area contributed by atoms with E-state index in [2.05, 4.69) is 4.90 Å². The third kappa shape index (κ3) is 3.83. The maximum absolute atomic E-state index is 9.10. The smallest absolute Gasteiger partial charge is 0.0701 e. The van der Waals surface area contributed by atoms with Crippen molar-refractivity contribution in [2.24, 2.45) is 0 Å². The van der Waals surface area contributed by atoms with Crippen molar-refractivity contribution in [2.75, 3.05) is 31.2 Å². The summed E-state index contributed by atoms with van der Waals surface area (Å²) < 4.78 is 5.54. The van der Waals surface area contributed by atoms with E-state index in [1.54, 1.807) is 0 Å². The van der Waals surface area contributed by atoms with Gasteiger partial charge < -0.3 is 19.8 Å². The minimum atomic E-state index is -0.0316. The first-order valence-electron chi connectivity index (χ1n) is 6.61. The molecular weight excluding hydrogens is 266 g/mol. The van der Waals surface area contributed by atoms with E-state index in [0.717, 1.165) is 37.2 Å². The highest BCUT2D eigenvalue weighted by atomic mass is 35.5. The van der Waals surface area contributed by atoms with E-state index < -0.39 is 0 Å². The van der Waals surface area contributed by atoms with Gasteiger partial charge in [-0.05, 0) is 30.5 Å². The van der Waals surface area contributed by atoms with Crippen LogP contribution in [0.5, 0.6) is 0 Å². The quantitative estimate of drug-likeness (QED) is 0.866. The Balaban J connectivity index is 1.92. The van der Waals surface area contributed by atoms with Crippen LogP contribution in [0, 0.1) is 0 Å². The summed E-state index contributed by atoms with van der Waals surface area (Å²) in [6, 6.07) is 5.76. The Morgan fingerprint density at radius 1 is 1.26 bits per heavy atom. The van der Waals surface area contributed by atoms with Gasteiger partial charge in [-0.25, -0.2) is 0 Å². The molecule has 5 heteroatoms. The third-order valence-corrected chi connectivity index (χ3v) is 3.81. The second kappa shape index (κ2) is 7.10. The van der Waals surface area contributed by atoms with Crippen LogP contribution < -0.4 is 4.90 Å². The molecule has 1 fully saturated rings. The highest BCUT2D eigenvalue weighted by Gasteiger charge is 2.20. The van der Waals surface area contributed by atoms with Crippen molar-refractivity contribution in [2.45, 2.75) is 25.6 Å². The monoisotopic (exact) mass is 285 g/mol. The van der Waals surface area contributed by atoms with Gasteiger partial charge in [-0.2, -0.15) is 0 Å². The van der Waals surface area contributed by atoms with Gasteiger partial charge in [-0.3, -0.25) is 0 Å². The molecule has 1 aliphatic heterocycles. The lowest BCUT2D eigenvalue weighted by Crippen LogP contribution is -2.37. The van der Waals surface area contributed by atoms with E-state index in [4.69, 9.17) is 26.6 Å². The number of halogens is 1. The molecule has 1 saturated heterocycles. The molecule has 1 aliphatic rings. The van der Waals surface area contributed by atoms with Crippen LogP contribution in [-0.2, 0) is 11.3 Å². The van der Waals surface area contributed by atoms with Crippen molar-refractivity contribution in [1.29, 1.82) is 0 Å². The van der Waals surface area contributed by atoms with Gasteiger partial charge in [0.25, 0.3) is 0 Å². The third-order valence-electron chi connectivity index (χ3n) is 3.46. The van der Waals surface area contributed by atoms with Crippen LogP contribution in [0.1, 0.15) is 18.4 Å². The van der Waals surface area contributed by atoms with Crippen LogP contribution in [0.2, 0.25) is 5.02 Å². The summed E-state index contributed by atoms with van der Waals surface area (Å²) >= 11 is 6.11. The van der Waals surface area contributed by atoms with Gasteiger partial charge in [-0.1, -0.05) is 17.7 Å². The molecule has 1 aromatic carbocycles. The van der Waals surface area contributed by atoms with Crippen molar-refractivity contribution >= 4 is 17.3 Å². The Kier molecular flexibility index (Phi) is 5.45. The van der Waals surface area contributed by atoms with Gasteiger partial charge >= 0.3 is 0 Å². The molecular formula is C14H20ClNO3. The number of aliphatic hydroxyl groups excluding tert-OH is 2. The molecule has 0 radical (unpaired) electrons. The average Bonchev–Trinajstić information content (AvgIpc) is 2.45. The average molecular weight is 286 g/mol. The molecule has 4 nitrogen and oxygen atoms in total. The predicted molar refractivity (Wildman–Crippen MR) is 75.6 cm³/mol. The molecule has 0 atom stereocenters. The molecule has 0 spiro atoms. The zero-order chi connectivity index (χ0) is 13.7. The minimum Gasteiger partial charge on any atom is -0.394 e. The van der Waals surface area contributed by atoms with Gasteiger partial charge in [0.1, 0.15) is 0 Å². The van der Waals surface area contributed by atoms with Crippen LogP contribution >= 0.6 is 11.6 Å². The molecule has 106 valence electrons. The summed E-state index contributed by atoms with van der Waals surface area (Å²) in [7, 11) is 0. The summed E-state index contributed by atoms with van der Waals surface area (Å²) in [4.78, 5) is 2.27. The van der Waals surface area contributed by atoms with E-state index in [1.165, 1.54) is 0 Å². The van der Waals surface area contributed by atoms with E-state index in [0.29, 0.717) is 11.6 Å². The Labute approximate surface area is 118 Å². The first kappa shape index (κ1) is 14.6. The van der Waals surface area contributed by atoms with E-state index >= 15 is 0 Å². The van der Waals surface area contributed by atoms with Crippen molar-refractivity contribution in [3.63, 3.8) is 0 Å². The molecule has 0 saturated carbocycles. The Morgan fingerprint density at radius 3 is 2.58 bits per heavy atom. The molecule has 1 heterocycles. The lowest BCUT2D eigenvalue weighted by atomic mass is 10.1. The fraction of sp³-hybridized carbons (Fsp3) is 0.571. The summed E-state index contributed by atoms with van der Waals surface area (Å²) in [5, 5.41) is 18.4. The Morgan fingerprint density at radius 2 is 2.00 bits per heavy atom. The highest BCUT2D eigenvalue weighted by molar-refractivity contribution is 6.31. The fourth-order valence-electron chi connectivity index (χ4n) is 2.36. The van der Waals surface area contributed by atoms with Gasteiger partial charge in [0.05, 0.1) is 25.9 Å². The Bertz CT molecular complexity index is 406. The number of aliphatic hydroxyl groups is 2. The zero-order valence-corrected chi connectivity index (χ0v) is 11.6. The van der Waals surface area contributed by atoms with Crippen LogP contribution in [0.25, 0.3) is 0 Å². The van der Waals surface area contributed by atoms with Crippen molar-refractivity contribution in [3.05, 3.63) is 28.8 Å². The van der Waals surface area contributed by atoms with Crippen molar-refractivity contribution in [1.82, 2.24) is 0 Å². The summed E-state index contributed by atoms with van der Waals surface area (Å²) in [6.07, 6.45) is 2.16. The zero-order valence-electron chi connectivity index (χ0n) is 10.9. The van der Waals surface area contributed by atoms with Gasteiger partial charge in [0, 0.05) is 23.8 Å². The number of nitrogens with zero attached hydrogens (tertiary/aromatic N) is 1. The molecule has 2 N–H and O–H groups in total. The largest absolute Gasteiger partial charge is 0.394 e. The van der Waals surface area contributed by atoms with Crippen molar-refractivity contribution < 1.29 is 14.9 Å². The van der Waals surface area contributed by atoms with Crippen LogP contribution in [0.3, 0.4) is 0 Å². The number of ether oxygens (including phenoxy) is 1. The van der Waals surface area contributed by atoms with E-state index in [1.807, 2.05) is 18.2 Å². The number of anilines is 1. The van der Waals surface area contributed by atoms with Gasteiger partial charge in [0.15, 0.2) is 0 Å². The lowest BCUT2D eigenvalue weighted by molar-refractivity contribution is 0.0159.